The molecule has 1 fully saturated rings. The fraction of sp³-hybridized carbons (Fsp3) is 0.857. The lowest BCUT2D eigenvalue weighted by Gasteiger charge is -2.40. The van der Waals surface area contributed by atoms with Crippen molar-refractivity contribution in [1.82, 2.24) is 0 Å². The molecule has 0 radical (unpaired) electrons. The zero-order valence-corrected chi connectivity index (χ0v) is 18.1. The van der Waals surface area contributed by atoms with Gasteiger partial charge in [-0.25, -0.2) is 0 Å². The van der Waals surface area contributed by atoms with Crippen molar-refractivity contribution in [2.24, 2.45) is 0 Å². The number of hydrogen-bond acceptors (Lipinski definition) is 8. The Morgan fingerprint density at radius 3 is 1.79 bits per heavy atom. The van der Waals surface area contributed by atoms with Crippen molar-refractivity contribution in [3.05, 3.63) is 0 Å². The average Bonchev–Trinajstić information content (AvgIpc) is 2.66. The molecule has 0 aromatic rings. The Hall–Kier alpha value is -1.67. The number of rotatable bonds is 13. The maximum Gasteiger partial charge on any atom is 0.308 e. The molecule has 1 aliphatic heterocycles. The molecule has 0 spiro atoms. The summed E-state index contributed by atoms with van der Waals surface area (Å²) in [7, 11) is 0. The summed E-state index contributed by atoms with van der Waals surface area (Å²) in [5, 5.41) is 0. The quantitative estimate of drug-likeness (QED) is 0.256. The number of carbonyl (C=O) groups excluding carboxylic acids is 3. The van der Waals surface area contributed by atoms with Crippen LogP contribution in [0.4, 0.5) is 0 Å². The number of ether oxygens (including phenoxy) is 5. The minimum Gasteiger partial charge on any atom is -0.455 e. The Balaban J connectivity index is 3.04. The summed E-state index contributed by atoms with van der Waals surface area (Å²) in [4.78, 5) is 36.4. The van der Waals surface area contributed by atoms with E-state index in [1.54, 1.807) is 0 Å². The SMILES string of the molecule is CCCCO[C@@H]1COC(OC(=O)CCC)[C@H](OC(=O)CCC)[C@@H]1OC(=O)CCC. The second-order valence-corrected chi connectivity index (χ2v) is 7.11. The van der Waals surface area contributed by atoms with Gasteiger partial charge in [0.15, 0.2) is 6.10 Å². The van der Waals surface area contributed by atoms with Gasteiger partial charge in [0.25, 0.3) is 0 Å². The molecule has 1 aliphatic rings. The Morgan fingerprint density at radius 1 is 0.759 bits per heavy atom. The van der Waals surface area contributed by atoms with Gasteiger partial charge < -0.3 is 23.7 Å². The number of hydrogen-bond donors (Lipinski definition) is 0. The molecule has 168 valence electrons. The van der Waals surface area contributed by atoms with Crippen molar-refractivity contribution >= 4 is 17.9 Å². The topological polar surface area (TPSA) is 97.4 Å². The molecule has 0 amide bonds. The van der Waals surface area contributed by atoms with Crippen LogP contribution in [0, 0.1) is 0 Å². The fourth-order valence-electron chi connectivity index (χ4n) is 2.86. The van der Waals surface area contributed by atoms with Gasteiger partial charge in [-0.1, -0.05) is 34.1 Å². The van der Waals surface area contributed by atoms with E-state index in [2.05, 4.69) is 0 Å². The number of unbranched alkanes of at least 4 members (excludes halogenated alkanes) is 1. The molecule has 1 heterocycles. The zero-order valence-electron chi connectivity index (χ0n) is 18.1. The van der Waals surface area contributed by atoms with E-state index >= 15 is 0 Å². The maximum atomic E-state index is 12.2. The Bertz CT molecular complexity index is 507. The van der Waals surface area contributed by atoms with E-state index in [1.807, 2.05) is 27.7 Å². The lowest BCUT2D eigenvalue weighted by atomic mass is 10.0. The maximum absolute atomic E-state index is 12.2. The standard InChI is InChI=1S/C21H36O8/c1-5-9-13-25-15-14-26-21(29-18(24)12-8-4)20(28-17(23)11-7-3)19(15)27-16(22)10-6-2/h15,19-21H,5-14H2,1-4H3/t15-,19-,20-,21?/m1/s1. The Labute approximate surface area is 173 Å². The van der Waals surface area contributed by atoms with Crippen LogP contribution < -0.4 is 0 Å². The summed E-state index contributed by atoms with van der Waals surface area (Å²) in [6.45, 7) is 8.15. The third kappa shape index (κ3) is 9.12. The molecule has 1 rings (SSSR count). The van der Waals surface area contributed by atoms with Crippen LogP contribution in [0.15, 0.2) is 0 Å². The van der Waals surface area contributed by atoms with E-state index < -0.39 is 42.5 Å². The molecule has 8 nitrogen and oxygen atoms in total. The van der Waals surface area contributed by atoms with Crippen molar-refractivity contribution in [2.45, 2.75) is 104 Å². The van der Waals surface area contributed by atoms with Gasteiger partial charge in [-0.2, -0.15) is 0 Å². The van der Waals surface area contributed by atoms with Gasteiger partial charge in [-0.15, -0.1) is 0 Å². The number of esters is 3. The zero-order chi connectivity index (χ0) is 21.6. The van der Waals surface area contributed by atoms with Crippen LogP contribution in [0.5, 0.6) is 0 Å². The first-order chi connectivity index (χ1) is 14.0. The van der Waals surface area contributed by atoms with Crippen molar-refractivity contribution < 1.29 is 38.1 Å². The van der Waals surface area contributed by atoms with Gasteiger partial charge in [-0.05, 0) is 25.7 Å². The number of carbonyl (C=O) groups is 3. The molecule has 0 aliphatic carbocycles. The summed E-state index contributed by atoms with van der Waals surface area (Å²) in [6.07, 6.45) is 0.538. The molecule has 0 N–H and O–H groups in total. The van der Waals surface area contributed by atoms with Gasteiger partial charge in [0, 0.05) is 25.9 Å². The smallest absolute Gasteiger partial charge is 0.308 e. The van der Waals surface area contributed by atoms with Crippen LogP contribution in [-0.4, -0.2) is 55.7 Å². The third-order valence-corrected chi connectivity index (χ3v) is 4.36. The Morgan fingerprint density at radius 2 is 1.28 bits per heavy atom. The second-order valence-electron chi connectivity index (χ2n) is 7.11. The molecule has 1 saturated heterocycles. The van der Waals surface area contributed by atoms with Crippen molar-refractivity contribution in [3.8, 4) is 0 Å². The molecule has 29 heavy (non-hydrogen) atoms. The normalized spacial score (nSPS) is 24.0. The third-order valence-electron chi connectivity index (χ3n) is 4.36. The molecular weight excluding hydrogens is 380 g/mol. The van der Waals surface area contributed by atoms with E-state index in [9.17, 15) is 14.4 Å². The molecule has 4 atom stereocenters. The summed E-state index contributed by atoms with van der Waals surface area (Å²) in [5.41, 5.74) is 0. The summed E-state index contributed by atoms with van der Waals surface area (Å²) < 4.78 is 28.1. The second kappa shape index (κ2) is 14.3. The first-order valence-electron chi connectivity index (χ1n) is 10.8. The van der Waals surface area contributed by atoms with Crippen LogP contribution in [0.2, 0.25) is 0 Å². The van der Waals surface area contributed by atoms with Crippen molar-refractivity contribution in [3.63, 3.8) is 0 Å². The molecule has 8 heteroatoms. The molecule has 0 saturated carbocycles. The lowest BCUT2D eigenvalue weighted by Crippen LogP contribution is -2.58. The van der Waals surface area contributed by atoms with E-state index in [0.29, 0.717) is 25.9 Å². The summed E-state index contributed by atoms with van der Waals surface area (Å²) in [6, 6.07) is 0. The highest BCUT2D eigenvalue weighted by Gasteiger charge is 2.48. The van der Waals surface area contributed by atoms with Gasteiger partial charge >= 0.3 is 17.9 Å². The minimum absolute atomic E-state index is 0.0691. The van der Waals surface area contributed by atoms with Crippen LogP contribution >= 0.6 is 0 Å². The Kier molecular flexibility index (Phi) is 12.5. The van der Waals surface area contributed by atoms with Gasteiger partial charge in [-0.3, -0.25) is 14.4 Å². The van der Waals surface area contributed by atoms with E-state index in [0.717, 1.165) is 12.8 Å². The highest BCUT2D eigenvalue weighted by Crippen LogP contribution is 2.26. The van der Waals surface area contributed by atoms with Crippen LogP contribution in [0.3, 0.4) is 0 Å². The summed E-state index contributed by atoms with van der Waals surface area (Å²) >= 11 is 0. The van der Waals surface area contributed by atoms with Crippen LogP contribution in [0.25, 0.3) is 0 Å². The highest BCUT2D eigenvalue weighted by molar-refractivity contribution is 5.71. The minimum atomic E-state index is -1.14. The van der Waals surface area contributed by atoms with Gasteiger partial charge in [0.1, 0.15) is 6.10 Å². The van der Waals surface area contributed by atoms with E-state index in [-0.39, 0.29) is 25.9 Å². The molecule has 0 aromatic heterocycles. The largest absolute Gasteiger partial charge is 0.455 e. The van der Waals surface area contributed by atoms with E-state index in [4.69, 9.17) is 23.7 Å². The van der Waals surface area contributed by atoms with Crippen molar-refractivity contribution in [2.75, 3.05) is 13.2 Å². The van der Waals surface area contributed by atoms with Crippen LogP contribution in [0.1, 0.15) is 79.1 Å². The lowest BCUT2D eigenvalue weighted by molar-refractivity contribution is -0.278. The molecule has 0 aromatic carbocycles. The monoisotopic (exact) mass is 416 g/mol. The van der Waals surface area contributed by atoms with Gasteiger partial charge in [0.2, 0.25) is 12.4 Å². The fourth-order valence-corrected chi connectivity index (χ4v) is 2.86. The van der Waals surface area contributed by atoms with Gasteiger partial charge in [0.05, 0.1) is 6.61 Å². The predicted octanol–water partition coefficient (Wildman–Crippen LogP) is 3.30. The first-order valence-corrected chi connectivity index (χ1v) is 10.8. The predicted molar refractivity (Wildman–Crippen MR) is 105 cm³/mol. The highest BCUT2D eigenvalue weighted by atomic mass is 16.7. The van der Waals surface area contributed by atoms with Crippen LogP contribution in [-0.2, 0) is 38.1 Å². The summed E-state index contributed by atoms with van der Waals surface area (Å²) in [5.74, 6) is -1.35. The molecule has 1 unspecified atom stereocenters. The molecule has 0 bridgehead atoms. The average molecular weight is 417 g/mol. The first kappa shape index (κ1) is 25.4. The van der Waals surface area contributed by atoms with E-state index in [1.165, 1.54) is 0 Å². The van der Waals surface area contributed by atoms with Crippen molar-refractivity contribution in [1.29, 1.82) is 0 Å². The molecular formula is C21H36O8.